The molecule has 31 heavy (non-hydrogen) atoms. The molecule has 0 aromatic heterocycles. The average Bonchev–Trinajstić information content (AvgIpc) is 2.76. The van der Waals surface area contributed by atoms with Crippen LogP contribution in [-0.4, -0.2) is 54.4 Å². The van der Waals surface area contributed by atoms with Crippen molar-refractivity contribution in [1.29, 1.82) is 0 Å². The summed E-state index contributed by atoms with van der Waals surface area (Å²) in [6.07, 6.45) is 1.13. The zero-order valence-electron chi connectivity index (χ0n) is 22.0. The number of hydrogen-bond donors (Lipinski definition) is 2. The van der Waals surface area contributed by atoms with Crippen molar-refractivity contribution in [2.75, 3.05) is 40.2 Å². The highest BCUT2D eigenvalue weighted by molar-refractivity contribution is 7.93. The van der Waals surface area contributed by atoms with Gasteiger partial charge in [0.25, 0.3) is 0 Å². The number of anilines is 1. The normalized spacial score (nSPS) is 14.5. The minimum atomic E-state index is -3.97. The largest absolute Gasteiger partial charge is 0.496 e. The van der Waals surface area contributed by atoms with E-state index in [2.05, 4.69) is 5.32 Å². The molecule has 2 rings (SSSR count). The average molecular weight is 457 g/mol. The first-order valence-electron chi connectivity index (χ1n) is 11.1. The van der Waals surface area contributed by atoms with Gasteiger partial charge in [0.05, 0.1) is 52.2 Å². The van der Waals surface area contributed by atoms with Gasteiger partial charge in [-0.25, -0.2) is 8.42 Å². The van der Waals surface area contributed by atoms with Gasteiger partial charge in [-0.15, -0.1) is 0 Å². The van der Waals surface area contributed by atoms with Gasteiger partial charge >= 0.3 is 5.97 Å². The minimum Gasteiger partial charge on any atom is -0.496 e. The molecular weight excluding hydrogens is 426 g/mol. The highest BCUT2D eigenvalue weighted by Gasteiger charge is 2.15. The summed E-state index contributed by atoms with van der Waals surface area (Å²) < 4.78 is 83.3. The Balaban J connectivity index is 2.42. The van der Waals surface area contributed by atoms with Gasteiger partial charge in [0, 0.05) is 17.5 Å². The van der Waals surface area contributed by atoms with Crippen molar-refractivity contribution in [2.24, 2.45) is 0 Å². The summed E-state index contributed by atoms with van der Waals surface area (Å²) in [5.41, 5.74) is 0.182. The molecule has 0 heterocycles. The van der Waals surface area contributed by atoms with E-state index in [1.54, 1.807) is 0 Å². The number of carboxylic acids is 1. The van der Waals surface area contributed by atoms with E-state index in [9.17, 15) is 13.2 Å². The first-order chi connectivity index (χ1) is 16.6. The van der Waals surface area contributed by atoms with E-state index >= 15 is 0 Å². The molecule has 2 aromatic rings. The van der Waals surface area contributed by atoms with Crippen molar-refractivity contribution >= 4 is 27.6 Å². The van der Waals surface area contributed by atoms with Gasteiger partial charge in [0.2, 0.25) is 0 Å². The van der Waals surface area contributed by atoms with Crippen LogP contribution < -0.4 is 24.3 Å². The Morgan fingerprint density at radius 3 is 2.35 bits per heavy atom. The van der Waals surface area contributed by atoms with Gasteiger partial charge in [-0.1, -0.05) is 6.07 Å². The number of sulfone groups is 1. The topological polar surface area (TPSA) is 120 Å². The molecule has 0 aliphatic heterocycles. The SMILES string of the molecule is [2H]C([2H])([2H])Oc1cc(OC)cc(OC)c1/C=C/S(=O)(=O)Cc1ccc(OC)c(NC([2H])([2H])C(=O)O)c1. The number of ether oxygens (including phenoxy) is 4. The number of rotatable bonds is 11. The van der Waals surface area contributed by atoms with E-state index in [0.29, 0.717) is 0 Å². The molecule has 0 unspecified atom stereocenters. The number of carbonyl (C=O) groups is 1. The van der Waals surface area contributed by atoms with Crippen LogP contribution in [0.3, 0.4) is 0 Å². The lowest BCUT2D eigenvalue weighted by Gasteiger charge is -2.13. The fourth-order valence-electron chi connectivity index (χ4n) is 2.63. The number of nitrogens with one attached hydrogen (secondary N) is 1. The monoisotopic (exact) mass is 456 g/mol. The molecule has 9 nitrogen and oxygen atoms in total. The summed E-state index contributed by atoms with van der Waals surface area (Å²) in [6, 6.07) is 6.74. The molecule has 0 saturated heterocycles. The third kappa shape index (κ3) is 6.54. The van der Waals surface area contributed by atoms with E-state index in [0.717, 1.165) is 11.5 Å². The third-order valence-corrected chi connectivity index (χ3v) is 5.31. The van der Waals surface area contributed by atoms with E-state index in [4.69, 9.17) is 30.9 Å². The van der Waals surface area contributed by atoms with Crippen LogP contribution in [0.15, 0.2) is 35.7 Å². The van der Waals surface area contributed by atoms with E-state index in [-0.39, 0.29) is 39.8 Å². The summed E-state index contributed by atoms with van der Waals surface area (Å²) in [5, 5.41) is 12.0. The maximum Gasteiger partial charge on any atom is 0.322 e. The van der Waals surface area contributed by atoms with Gasteiger partial charge in [0.15, 0.2) is 9.84 Å². The molecule has 0 amide bonds. The van der Waals surface area contributed by atoms with E-state index in [1.165, 1.54) is 51.7 Å². The summed E-state index contributed by atoms with van der Waals surface area (Å²) >= 11 is 0. The molecular formula is C21H25NO8S. The molecule has 2 N–H and O–H groups in total. The molecule has 10 heteroatoms. The molecule has 0 fully saturated rings. The van der Waals surface area contributed by atoms with Gasteiger partial charge < -0.3 is 29.4 Å². The van der Waals surface area contributed by atoms with Crippen LogP contribution in [0.4, 0.5) is 5.69 Å². The summed E-state index contributed by atoms with van der Waals surface area (Å²) in [7, 11) is -2.85. The zero-order chi connectivity index (χ0) is 27.3. The van der Waals surface area contributed by atoms with Crippen LogP contribution in [-0.2, 0) is 20.4 Å². The Bertz CT molecular complexity index is 1250. The highest BCUT2D eigenvalue weighted by atomic mass is 32.2. The Kier molecular flexibility index (Phi) is 5.90. The lowest BCUT2D eigenvalue weighted by Crippen LogP contribution is -2.13. The molecule has 0 atom stereocenters. The van der Waals surface area contributed by atoms with Gasteiger partial charge in [-0.2, -0.15) is 0 Å². The number of hydrogen-bond acceptors (Lipinski definition) is 8. The lowest BCUT2D eigenvalue weighted by atomic mass is 10.1. The van der Waals surface area contributed by atoms with Crippen molar-refractivity contribution in [1.82, 2.24) is 0 Å². The molecule has 2 aromatic carbocycles. The maximum atomic E-state index is 12.8. The maximum absolute atomic E-state index is 12.8. The first-order valence-corrected chi connectivity index (χ1v) is 10.4. The predicted molar refractivity (Wildman–Crippen MR) is 117 cm³/mol. The Labute approximate surface area is 188 Å². The van der Waals surface area contributed by atoms with Crippen LogP contribution >= 0.6 is 0 Å². The molecule has 0 aliphatic rings. The number of carboxylic acid groups (broad SMARTS) is 1. The molecule has 0 radical (unpaired) electrons. The van der Waals surface area contributed by atoms with Gasteiger partial charge in [0.1, 0.15) is 29.5 Å². The molecule has 0 spiro atoms. The van der Waals surface area contributed by atoms with Crippen LogP contribution in [0.25, 0.3) is 6.08 Å². The van der Waals surface area contributed by atoms with Gasteiger partial charge in [-0.3, -0.25) is 4.79 Å². The standard InChI is InChI=1S/C21H25NO8S/c1-27-15-10-19(29-3)16(20(11-15)30-4)7-8-31(25,26)13-14-5-6-18(28-2)17(9-14)22-12-21(23)24/h5-11,22H,12-13H2,1-4H3,(H,23,24)/b8-7+/i3D3,12D2. The van der Waals surface area contributed by atoms with Crippen molar-refractivity contribution in [3.05, 3.63) is 46.9 Å². The van der Waals surface area contributed by atoms with Crippen molar-refractivity contribution in [2.45, 2.75) is 5.75 Å². The second-order valence-electron chi connectivity index (χ2n) is 6.04. The Morgan fingerprint density at radius 1 is 1.10 bits per heavy atom. The smallest absolute Gasteiger partial charge is 0.322 e. The molecule has 168 valence electrons. The van der Waals surface area contributed by atoms with Crippen molar-refractivity contribution < 1.29 is 44.1 Å². The summed E-state index contributed by atoms with van der Waals surface area (Å²) in [6.45, 7) is -2.84. The fraction of sp³-hybridized carbons (Fsp3) is 0.286. The van der Waals surface area contributed by atoms with Crippen molar-refractivity contribution in [3.8, 4) is 23.0 Å². The Hall–Kier alpha value is -3.40. The quantitative estimate of drug-likeness (QED) is 0.526. The first kappa shape index (κ1) is 17.3. The van der Waals surface area contributed by atoms with Crippen LogP contribution in [0, 0.1) is 0 Å². The van der Waals surface area contributed by atoms with Crippen LogP contribution in [0.5, 0.6) is 23.0 Å². The number of benzene rings is 2. The predicted octanol–water partition coefficient (Wildman–Crippen LogP) is 2.80. The molecule has 0 bridgehead atoms. The summed E-state index contributed by atoms with van der Waals surface area (Å²) in [5.74, 6) is -2.08. The fourth-order valence-corrected chi connectivity index (χ4v) is 3.71. The summed E-state index contributed by atoms with van der Waals surface area (Å²) in [4.78, 5) is 11.1. The second-order valence-corrected chi connectivity index (χ2v) is 7.93. The number of methoxy groups -OCH3 is 4. The van der Waals surface area contributed by atoms with E-state index < -0.39 is 35.1 Å². The number of aliphatic carboxylic acids is 1. The van der Waals surface area contributed by atoms with Crippen molar-refractivity contribution in [3.63, 3.8) is 0 Å². The lowest BCUT2D eigenvalue weighted by molar-refractivity contribution is -0.134. The van der Waals surface area contributed by atoms with E-state index in [1.807, 2.05) is 0 Å². The second kappa shape index (κ2) is 10.6. The molecule has 0 saturated carbocycles. The molecule has 0 aliphatic carbocycles. The van der Waals surface area contributed by atoms with Crippen LogP contribution in [0.1, 0.15) is 18.0 Å². The third-order valence-electron chi connectivity index (χ3n) is 4.02. The van der Waals surface area contributed by atoms with Gasteiger partial charge in [-0.05, 0) is 23.8 Å². The highest BCUT2D eigenvalue weighted by Crippen LogP contribution is 2.35. The van der Waals surface area contributed by atoms with Crippen LogP contribution in [0.2, 0.25) is 0 Å². The zero-order valence-corrected chi connectivity index (χ0v) is 17.8. The minimum absolute atomic E-state index is 0.0461. The Morgan fingerprint density at radius 2 is 1.77 bits per heavy atom.